The zero-order chi connectivity index (χ0) is 22.6. The van der Waals surface area contributed by atoms with Crippen LogP contribution in [-0.2, 0) is 14.6 Å². The van der Waals surface area contributed by atoms with Crippen molar-refractivity contribution in [2.75, 3.05) is 36.8 Å². The molecule has 0 aliphatic heterocycles. The Hall–Kier alpha value is -2.00. The molecule has 32 heavy (non-hydrogen) atoms. The van der Waals surface area contributed by atoms with E-state index in [1.807, 2.05) is 26.0 Å². The van der Waals surface area contributed by atoms with Gasteiger partial charge in [0.25, 0.3) is 0 Å². The number of benzene rings is 2. The van der Waals surface area contributed by atoms with Gasteiger partial charge in [0.2, 0.25) is 5.91 Å². The highest BCUT2D eigenvalue weighted by atomic mass is 35.5. The Kier molecular flexibility index (Phi) is 9.21. The summed E-state index contributed by atoms with van der Waals surface area (Å²) in [4.78, 5) is 21.9. The second-order valence-corrected chi connectivity index (χ2v) is 10.5. The molecule has 1 aromatic heterocycles. The van der Waals surface area contributed by atoms with Crippen molar-refractivity contribution in [3.8, 4) is 0 Å². The lowest BCUT2D eigenvalue weighted by atomic mass is 10.1. The van der Waals surface area contributed by atoms with Crippen molar-refractivity contribution < 1.29 is 13.2 Å². The maximum Gasteiger partial charge on any atom is 0.244 e. The fourth-order valence-electron chi connectivity index (χ4n) is 3.42. The van der Waals surface area contributed by atoms with Gasteiger partial charge in [0.15, 0.2) is 15.0 Å². The van der Waals surface area contributed by atoms with Crippen LogP contribution in [0.25, 0.3) is 10.2 Å². The number of amides is 1. The summed E-state index contributed by atoms with van der Waals surface area (Å²) in [6, 6.07) is 12.2. The average Bonchev–Trinajstić information content (AvgIpc) is 3.20. The van der Waals surface area contributed by atoms with E-state index in [9.17, 15) is 13.2 Å². The summed E-state index contributed by atoms with van der Waals surface area (Å²) >= 11 is 1.44. The third-order valence-electron chi connectivity index (χ3n) is 5.41. The molecule has 1 heterocycles. The molecule has 0 saturated heterocycles. The molecule has 0 radical (unpaired) electrons. The first-order valence-corrected chi connectivity index (χ1v) is 12.9. The number of carbonyl (C=O) groups excluding carboxylic acids is 1. The molecule has 0 spiro atoms. The number of anilines is 1. The van der Waals surface area contributed by atoms with Crippen LogP contribution in [0.1, 0.15) is 25.0 Å². The van der Waals surface area contributed by atoms with Gasteiger partial charge in [0.1, 0.15) is 5.75 Å². The molecule has 0 saturated carbocycles. The van der Waals surface area contributed by atoms with Crippen LogP contribution >= 0.6 is 23.7 Å². The van der Waals surface area contributed by atoms with Crippen molar-refractivity contribution in [2.45, 2.75) is 32.6 Å². The van der Waals surface area contributed by atoms with Gasteiger partial charge in [-0.1, -0.05) is 55.5 Å². The molecule has 1 amide bonds. The van der Waals surface area contributed by atoms with Crippen LogP contribution < -0.4 is 4.90 Å². The van der Waals surface area contributed by atoms with Crippen molar-refractivity contribution in [3.63, 3.8) is 0 Å². The number of hydrogen-bond donors (Lipinski definition) is 0. The van der Waals surface area contributed by atoms with E-state index in [-0.39, 0.29) is 17.3 Å². The zero-order valence-electron chi connectivity index (χ0n) is 18.9. The first-order valence-electron chi connectivity index (χ1n) is 10.4. The van der Waals surface area contributed by atoms with Gasteiger partial charge in [0, 0.05) is 13.1 Å². The van der Waals surface area contributed by atoms with Crippen LogP contribution in [0.3, 0.4) is 0 Å². The summed E-state index contributed by atoms with van der Waals surface area (Å²) in [7, 11) is -3.74. The molecule has 0 fully saturated rings. The van der Waals surface area contributed by atoms with Crippen molar-refractivity contribution in [2.24, 2.45) is 0 Å². The summed E-state index contributed by atoms with van der Waals surface area (Å²) < 4.78 is 26.7. The summed E-state index contributed by atoms with van der Waals surface area (Å²) in [6.45, 7) is 10.9. The fraction of sp³-hybridized carbons (Fsp3) is 0.391. The SMILES string of the molecule is CCN(CC)CCN(C(=O)CS(=O)(=O)c1ccccc1)c1nc2c(C)ccc(C)c2s1.Cl. The standard InChI is InChI=1S/C23H29N3O3S2.ClH/c1-5-25(6-2)14-15-26(20(27)16-31(28,29)19-10-8-7-9-11-19)23-24-21-17(3)12-13-18(4)22(21)30-23;/h7-13H,5-6,14-16H2,1-4H3;1H. The topological polar surface area (TPSA) is 70.6 Å². The smallest absolute Gasteiger partial charge is 0.244 e. The molecule has 0 N–H and O–H groups in total. The van der Waals surface area contributed by atoms with Gasteiger partial charge in [-0.15, -0.1) is 12.4 Å². The molecule has 9 heteroatoms. The van der Waals surface area contributed by atoms with Gasteiger partial charge in [0.05, 0.1) is 15.1 Å². The second-order valence-electron chi connectivity index (χ2n) is 7.52. The Morgan fingerprint density at radius 2 is 1.59 bits per heavy atom. The van der Waals surface area contributed by atoms with Crippen molar-refractivity contribution >= 4 is 54.8 Å². The Morgan fingerprint density at radius 1 is 0.969 bits per heavy atom. The van der Waals surface area contributed by atoms with E-state index < -0.39 is 21.5 Å². The lowest BCUT2D eigenvalue weighted by molar-refractivity contribution is -0.116. The molecule has 0 bridgehead atoms. The Labute approximate surface area is 200 Å². The Balaban J connectivity index is 0.00000363. The van der Waals surface area contributed by atoms with E-state index in [0.29, 0.717) is 18.2 Å². The highest BCUT2D eigenvalue weighted by Gasteiger charge is 2.27. The molecule has 0 unspecified atom stereocenters. The number of thiazole rings is 1. The van der Waals surface area contributed by atoms with Crippen LogP contribution in [0.5, 0.6) is 0 Å². The maximum absolute atomic E-state index is 13.3. The normalized spacial score (nSPS) is 11.5. The van der Waals surface area contributed by atoms with Crippen LogP contribution in [0.4, 0.5) is 5.13 Å². The first-order chi connectivity index (χ1) is 14.8. The number of hydrogen-bond acceptors (Lipinski definition) is 6. The van der Waals surface area contributed by atoms with Gasteiger partial charge in [-0.05, 0) is 50.2 Å². The molecule has 6 nitrogen and oxygen atoms in total. The number of aromatic nitrogens is 1. The van der Waals surface area contributed by atoms with Crippen molar-refractivity contribution in [1.29, 1.82) is 0 Å². The Bertz CT molecular complexity index is 1120. The summed E-state index contributed by atoms with van der Waals surface area (Å²) in [5.41, 5.74) is 3.00. The highest BCUT2D eigenvalue weighted by Crippen LogP contribution is 2.33. The minimum absolute atomic E-state index is 0. The quantitative estimate of drug-likeness (QED) is 0.437. The first kappa shape index (κ1) is 26.3. The molecular weight excluding hydrogens is 466 g/mol. The third-order valence-corrected chi connectivity index (χ3v) is 8.24. The van der Waals surface area contributed by atoms with Gasteiger partial charge in [-0.3, -0.25) is 9.69 Å². The van der Waals surface area contributed by atoms with Crippen LogP contribution in [0.15, 0.2) is 47.4 Å². The predicted octanol–water partition coefficient (Wildman–Crippen LogP) is 4.48. The van der Waals surface area contributed by atoms with E-state index in [1.165, 1.54) is 23.5 Å². The van der Waals surface area contributed by atoms with E-state index in [0.717, 1.165) is 34.4 Å². The minimum atomic E-state index is -3.74. The molecule has 3 aromatic rings. The molecule has 0 aliphatic rings. The minimum Gasteiger partial charge on any atom is -0.302 e. The number of sulfone groups is 1. The zero-order valence-corrected chi connectivity index (χ0v) is 21.3. The number of halogens is 1. The van der Waals surface area contributed by atoms with E-state index in [2.05, 4.69) is 18.7 Å². The molecule has 174 valence electrons. The largest absolute Gasteiger partial charge is 0.302 e. The number of aryl methyl sites for hydroxylation is 2. The monoisotopic (exact) mass is 495 g/mol. The van der Waals surface area contributed by atoms with E-state index >= 15 is 0 Å². The molecule has 2 aromatic carbocycles. The Morgan fingerprint density at radius 3 is 2.19 bits per heavy atom. The summed E-state index contributed by atoms with van der Waals surface area (Å²) in [5, 5.41) is 0.549. The van der Waals surface area contributed by atoms with Gasteiger partial charge in [-0.25, -0.2) is 13.4 Å². The predicted molar refractivity (Wildman–Crippen MR) is 135 cm³/mol. The second kappa shape index (κ2) is 11.2. The van der Waals surface area contributed by atoms with E-state index in [1.54, 1.807) is 23.1 Å². The number of nitrogens with zero attached hydrogens (tertiary/aromatic N) is 3. The summed E-state index contributed by atoms with van der Waals surface area (Å²) in [6.07, 6.45) is 0. The molecule has 3 rings (SSSR count). The molecular formula is C23H30ClN3O3S2. The van der Waals surface area contributed by atoms with Gasteiger partial charge in [-0.2, -0.15) is 0 Å². The van der Waals surface area contributed by atoms with Gasteiger partial charge >= 0.3 is 0 Å². The van der Waals surface area contributed by atoms with Crippen LogP contribution in [-0.4, -0.2) is 56.1 Å². The fourth-order valence-corrected chi connectivity index (χ4v) is 5.80. The highest BCUT2D eigenvalue weighted by molar-refractivity contribution is 7.92. The average molecular weight is 496 g/mol. The summed E-state index contributed by atoms with van der Waals surface area (Å²) in [5.74, 6) is -1.03. The lowest BCUT2D eigenvalue weighted by Gasteiger charge is -2.24. The maximum atomic E-state index is 13.3. The third kappa shape index (κ3) is 5.86. The van der Waals surface area contributed by atoms with Crippen molar-refractivity contribution in [3.05, 3.63) is 53.6 Å². The van der Waals surface area contributed by atoms with E-state index in [4.69, 9.17) is 4.98 Å². The molecule has 0 aliphatic carbocycles. The number of likely N-dealkylation sites (N-methyl/N-ethyl adjacent to an activating group) is 1. The lowest BCUT2D eigenvalue weighted by Crippen LogP contribution is -2.41. The number of fused-ring (bicyclic) bond motifs is 1. The van der Waals surface area contributed by atoms with Crippen molar-refractivity contribution in [1.82, 2.24) is 9.88 Å². The van der Waals surface area contributed by atoms with Crippen LogP contribution in [0, 0.1) is 13.8 Å². The van der Waals surface area contributed by atoms with Crippen LogP contribution in [0.2, 0.25) is 0 Å². The molecule has 0 atom stereocenters. The number of rotatable bonds is 9. The van der Waals surface area contributed by atoms with Gasteiger partial charge < -0.3 is 4.90 Å². The number of carbonyl (C=O) groups is 1.